The van der Waals surface area contributed by atoms with Crippen LogP contribution in [0.15, 0.2) is 23.6 Å². The van der Waals surface area contributed by atoms with E-state index in [9.17, 15) is 0 Å². The zero-order valence-electron chi connectivity index (χ0n) is 9.16. The molecule has 2 aromatic rings. The summed E-state index contributed by atoms with van der Waals surface area (Å²) in [4.78, 5) is 4.48. The van der Waals surface area contributed by atoms with Gasteiger partial charge in [0.2, 0.25) is 0 Å². The molecule has 2 rings (SSSR count). The van der Waals surface area contributed by atoms with E-state index in [-0.39, 0.29) is 0 Å². The number of nitrogens with one attached hydrogen (secondary N) is 1. The third kappa shape index (κ3) is 2.02. The van der Waals surface area contributed by atoms with Crippen LogP contribution in [-0.2, 0) is 0 Å². The highest BCUT2D eigenvalue weighted by atomic mass is 32.1. The standard InChI is InChI=1S/C12H14N2S/c1-8-4-5-10(6-9(8)2)12-14-11(13-3)7-15-12/h4-7,13H,1-3H3. The van der Waals surface area contributed by atoms with Crippen molar-refractivity contribution in [1.29, 1.82) is 0 Å². The molecule has 0 radical (unpaired) electrons. The molecule has 0 spiro atoms. The second kappa shape index (κ2) is 4.03. The van der Waals surface area contributed by atoms with Gasteiger partial charge in [-0.2, -0.15) is 0 Å². The monoisotopic (exact) mass is 218 g/mol. The van der Waals surface area contributed by atoms with Gasteiger partial charge in [0.05, 0.1) is 0 Å². The van der Waals surface area contributed by atoms with Crippen LogP contribution in [0, 0.1) is 13.8 Å². The van der Waals surface area contributed by atoms with E-state index in [0.29, 0.717) is 0 Å². The number of anilines is 1. The van der Waals surface area contributed by atoms with E-state index in [4.69, 9.17) is 0 Å². The van der Waals surface area contributed by atoms with E-state index in [1.807, 2.05) is 12.4 Å². The van der Waals surface area contributed by atoms with Gasteiger partial charge in [0.1, 0.15) is 10.8 Å². The Balaban J connectivity index is 2.40. The molecule has 15 heavy (non-hydrogen) atoms. The van der Waals surface area contributed by atoms with E-state index >= 15 is 0 Å². The molecular weight excluding hydrogens is 204 g/mol. The molecule has 0 aliphatic rings. The molecule has 0 fully saturated rings. The maximum absolute atomic E-state index is 4.48. The summed E-state index contributed by atoms with van der Waals surface area (Å²) < 4.78 is 0. The van der Waals surface area contributed by atoms with E-state index in [1.165, 1.54) is 16.7 Å². The van der Waals surface area contributed by atoms with Gasteiger partial charge in [-0.3, -0.25) is 0 Å². The predicted molar refractivity (Wildman–Crippen MR) is 66.6 cm³/mol. The van der Waals surface area contributed by atoms with Crippen molar-refractivity contribution in [3.8, 4) is 10.6 Å². The Labute approximate surface area is 94.0 Å². The summed E-state index contributed by atoms with van der Waals surface area (Å²) in [5.74, 6) is 0.938. The highest BCUT2D eigenvalue weighted by Crippen LogP contribution is 2.27. The number of nitrogens with zero attached hydrogens (tertiary/aromatic N) is 1. The van der Waals surface area contributed by atoms with Gasteiger partial charge >= 0.3 is 0 Å². The van der Waals surface area contributed by atoms with Crippen molar-refractivity contribution in [2.45, 2.75) is 13.8 Å². The topological polar surface area (TPSA) is 24.9 Å². The Morgan fingerprint density at radius 3 is 2.60 bits per heavy atom. The molecular formula is C12H14N2S. The van der Waals surface area contributed by atoms with Gasteiger partial charge in [-0.1, -0.05) is 12.1 Å². The molecule has 0 aliphatic carbocycles. The lowest BCUT2D eigenvalue weighted by atomic mass is 10.1. The van der Waals surface area contributed by atoms with Crippen LogP contribution in [0.1, 0.15) is 11.1 Å². The average molecular weight is 218 g/mol. The van der Waals surface area contributed by atoms with Crippen molar-refractivity contribution in [3.05, 3.63) is 34.7 Å². The minimum atomic E-state index is 0.938. The summed E-state index contributed by atoms with van der Waals surface area (Å²) >= 11 is 1.67. The summed E-state index contributed by atoms with van der Waals surface area (Å²) in [6, 6.07) is 6.46. The number of hydrogen-bond acceptors (Lipinski definition) is 3. The maximum Gasteiger partial charge on any atom is 0.137 e. The Hall–Kier alpha value is -1.35. The van der Waals surface area contributed by atoms with Crippen LogP contribution in [0.5, 0.6) is 0 Å². The van der Waals surface area contributed by atoms with Gasteiger partial charge in [0.25, 0.3) is 0 Å². The first-order valence-electron chi connectivity index (χ1n) is 4.91. The molecule has 0 bridgehead atoms. The third-order valence-corrected chi connectivity index (χ3v) is 3.41. The quantitative estimate of drug-likeness (QED) is 0.835. The molecule has 1 N–H and O–H groups in total. The zero-order chi connectivity index (χ0) is 10.8. The maximum atomic E-state index is 4.48. The fourth-order valence-corrected chi connectivity index (χ4v) is 2.20. The van der Waals surface area contributed by atoms with E-state index < -0.39 is 0 Å². The number of thiazole rings is 1. The summed E-state index contributed by atoms with van der Waals surface area (Å²) in [5.41, 5.74) is 3.84. The van der Waals surface area contributed by atoms with Crippen LogP contribution in [0.25, 0.3) is 10.6 Å². The summed E-state index contributed by atoms with van der Waals surface area (Å²) in [6.07, 6.45) is 0. The second-order valence-corrected chi connectivity index (χ2v) is 4.45. The second-order valence-electron chi connectivity index (χ2n) is 3.59. The Morgan fingerprint density at radius 1 is 1.20 bits per heavy atom. The minimum Gasteiger partial charge on any atom is -0.372 e. The van der Waals surface area contributed by atoms with Gasteiger partial charge in [-0.15, -0.1) is 11.3 Å². The lowest BCUT2D eigenvalue weighted by Crippen LogP contribution is -1.87. The zero-order valence-corrected chi connectivity index (χ0v) is 9.98. The van der Waals surface area contributed by atoms with E-state index in [2.05, 4.69) is 42.3 Å². The Morgan fingerprint density at radius 2 is 2.00 bits per heavy atom. The summed E-state index contributed by atoms with van der Waals surface area (Å²) in [7, 11) is 1.89. The largest absolute Gasteiger partial charge is 0.372 e. The normalized spacial score (nSPS) is 10.3. The third-order valence-electron chi connectivity index (χ3n) is 2.51. The van der Waals surface area contributed by atoms with Gasteiger partial charge in [0, 0.05) is 18.0 Å². The molecule has 1 heterocycles. The Bertz CT molecular complexity index is 474. The van der Waals surface area contributed by atoms with E-state index in [1.54, 1.807) is 11.3 Å². The number of rotatable bonds is 2. The van der Waals surface area contributed by atoms with Crippen molar-refractivity contribution in [2.24, 2.45) is 0 Å². The van der Waals surface area contributed by atoms with Crippen LogP contribution in [0.3, 0.4) is 0 Å². The van der Waals surface area contributed by atoms with Gasteiger partial charge in [-0.05, 0) is 31.0 Å². The fourth-order valence-electron chi connectivity index (χ4n) is 1.40. The first-order valence-corrected chi connectivity index (χ1v) is 5.79. The molecule has 0 amide bonds. The molecule has 3 heteroatoms. The fraction of sp³-hybridized carbons (Fsp3) is 0.250. The lowest BCUT2D eigenvalue weighted by Gasteiger charge is -2.01. The molecule has 0 saturated heterocycles. The van der Waals surface area contributed by atoms with Crippen molar-refractivity contribution < 1.29 is 0 Å². The smallest absolute Gasteiger partial charge is 0.137 e. The number of aromatic nitrogens is 1. The lowest BCUT2D eigenvalue weighted by molar-refractivity contribution is 1.32. The van der Waals surface area contributed by atoms with Crippen molar-refractivity contribution >= 4 is 17.2 Å². The predicted octanol–water partition coefficient (Wildman–Crippen LogP) is 3.47. The van der Waals surface area contributed by atoms with Crippen LogP contribution in [0.4, 0.5) is 5.82 Å². The summed E-state index contributed by atoms with van der Waals surface area (Å²) in [5, 5.41) is 6.15. The van der Waals surface area contributed by atoms with Gasteiger partial charge in [-0.25, -0.2) is 4.98 Å². The first kappa shape index (κ1) is 10.2. The highest BCUT2D eigenvalue weighted by Gasteiger charge is 2.04. The first-order chi connectivity index (χ1) is 7.20. The summed E-state index contributed by atoms with van der Waals surface area (Å²) in [6.45, 7) is 4.26. The minimum absolute atomic E-state index is 0.938. The molecule has 78 valence electrons. The van der Waals surface area contributed by atoms with Gasteiger partial charge < -0.3 is 5.32 Å². The number of benzene rings is 1. The average Bonchev–Trinajstić information content (AvgIpc) is 2.70. The Kier molecular flexibility index (Phi) is 2.73. The van der Waals surface area contributed by atoms with Crippen LogP contribution in [0.2, 0.25) is 0 Å². The molecule has 0 atom stereocenters. The SMILES string of the molecule is CNc1csc(-c2ccc(C)c(C)c2)n1. The molecule has 2 nitrogen and oxygen atoms in total. The molecule has 0 saturated carbocycles. The van der Waals surface area contributed by atoms with Gasteiger partial charge in [0.15, 0.2) is 0 Å². The van der Waals surface area contributed by atoms with Crippen molar-refractivity contribution in [3.63, 3.8) is 0 Å². The van der Waals surface area contributed by atoms with Crippen LogP contribution < -0.4 is 5.32 Å². The van der Waals surface area contributed by atoms with Crippen molar-refractivity contribution in [1.82, 2.24) is 4.98 Å². The number of aryl methyl sites for hydroxylation is 2. The molecule has 1 aromatic heterocycles. The van der Waals surface area contributed by atoms with Crippen LogP contribution >= 0.6 is 11.3 Å². The van der Waals surface area contributed by atoms with Crippen LogP contribution in [-0.4, -0.2) is 12.0 Å². The molecule has 1 aromatic carbocycles. The number of hydrogen-bond donors (Lipinski definition) is 1. The highest BCUT2D eigenvalue weighted by molar-refractivity contribution is 7.13. The van der Waals surface area contributed by atoms with E-state index in [0.717, 1.165) is 10.8 Å². The molecule has 0 aliphatic heterocycles. The van der Waals surface area contributed by atoms with Crippen molar-refractivity contribution in [2.75, 3.05) is 12.4 Å². The molecule has 0 unspecified atom stereocenters.